The van der Waals surface area contributed by atoms with Crippen molar-refractivity contribution in [3.05, 3.63) is 29.6 Å². The van der Waals surface area contributed by atoms with Crippen LogP contribution in [0.25, 0.3) is 0 Å². The summed E-state index contributed by atoms with van der Waals surface area (Å²) in [6.07, 6.45) is 6.02. The Labute approximate surface area is 106 Å². The van der Waals surface area contributed by atoms with Crippen molar-refractivity contribution in [2.75, 3.05) is 5.32 Å². The number of nitrogens with two attached hydrogens (primary N) is 1. The van der Waals surface area contributed by atoms with E-state index in [4.69, 9.17) is 18.0 Å². The maximum Gasteiger partial charge on any atom is 0.135 e. The second kappa shape index (κ2) is 5.45. The standard InChI is InChI=1S/C13H17FN2S/c14-10-7-4-8-11(12(10)13(15)17)16-9-5-2-1-3-6-9/h4,7-9,16H,1-3,5-6H2,(H2,15,17). The average molecular weight is 252 g/mol. The SMILES string of the molecule is NC(=S)c1c(F)cccc1NC1CCCCC1. The second-order valence-electron chi connectivity index (χ2n) is 4.51. The fraction of sp³-hybridized carbons (Fsp3) is 0.462. The molecule has 3 N–H and O–H groups in total. The van der Waals surface area contributed by atoms with Gasteiger partial charge < -0.3 is 11.1 Å². The summed E-state index contributed by atoms with van der Waals surface area (Å²) in [5.74, 6) is -0.349. The highest BCUT2D eigenvalue weighted by molar-refractivity contribution is 7.80. The Morgan fingerprint density at radius 1 is 1.29 bits per heavy atom. The van der Waals surface area contributed by atoms with E-state index < -0.39 is 0 Å². The first kappa shape index (κ1) is 12.3. The van der Waals surface area contributed by atoms with Gasteiger partial charge in [0.15, 0.2) is 0 Å². The Hall–Kier alpha value is -1.16. The number of rotatable bonds is 3. The molecular weight excluding hydrogens is 235 g/mol. The first-order valence-corrected chi connectivity index (χ1v) is 6.44. The Balaban J connectivity index is 2.19. The third-order valence-electron chi connectivity index (χ3n) is 3.22. The Morgan fingerprint density at radius 2 is 2.00 bits per heavy atom. The molecule has 1 aromatic carbocycles. The van der Waals surface area contributed by atoms with E-state index in [9.17, 15) is 4.39 Å². The van der Waals surface area contributed by atoms with E-state index in [2.05, 4.69) is 5.32 Å². The largest absolute Gasteiger partial charge is 0.389 e. The summed E-state index contributed by atoms with van der Waals surface area (Å²) in [6.45, 7) is 0. The van der Waals surface area contributed by atoms with Gasteiger partial charge in [0, 0.05) is 11.7 Å². The molecule has 2 rings (SSSR count). The molecule has 0 bridgehead atoms. The molecule has 2 nitrogen and oxygen atoms in total. The zero-order valence-corrected chi connectivity index (χ0v) is 10.5. The number of halogens is 1. The minimum atomic E-state index is -0.349. The smallest absolute Gasteiger partial charge is 0.135 e. The molecule has 4 heteroatoms. The molecule has 0 heterocycles. The zero-order chi connectivity index (χ0) is 12.3. The molecule has 0 atom stereocenters. The van der Waals surface area contributed by atoms with Crippen LogP contribution >= 0.6 is 12.2 Å². The van der Waals surface area contributed by atoms with E-state index in [-0.39, 0.29) is 10.8 Å². The van der Waals surface area contributed by atoms with Crippen LogP contribution in [0, 0.1) is 5.82 Å². The van der Waals surface area contributed by atoms with E-state index in [0.717, 1.165) is 18.5 Å². The van der Waals surface area contributed by atoms with Gasteiger partial charge in [0.05, 0.1) is 5.56 Å². The topological polar surface area (TPSA) is 38.0 Å². The lowest BCUT2D eigenvalue weighted by molar-refractivity contribution is 0.462. The maximum atomic E-state index is 13.6. The molecule has 0 aromatic heterocycles. The van der Waals surface area contributed by atoms with E-state index in [0.29, 0.717) is 11.6 Å². The average Bonchev–Trinajstić information content (AvgIpc) is 2.30. The van der Waals surface area contributed by atoms with Gasteiger partial charge in [0.2, 0.25) is 0 Å². The second-order valence-corrected chi connectivity index (χ2v) is 4.95. The highest BCUT2D eigenvalue weighted by Crippen LogP contribution is 2.25. The monoisotopic (exact) mass is 252 g/mol. The Bertz CT molecular complexity index is 414. The summed E-state index contributed by atoms with van der Waals surface area (Å²) in [5.41, 5.74) is 6.64. The van der Waals surface area contributed by atoms with Gasteiger partial charge in [-0.2, -0.15) is 0 Å². The predicted molar refractivity (Wildman–Crippen MR) is 72.8 cm³/mol. The molecule has 1 saturated carbocycles. The zero-order valence-electron chi connectivity index (χ0n) is 9.71. The molecule has 0 radical (unpaired) electrons. The molecule has 92 valence electrons. The van der Waals surface area contributed by atoms with Crippen molar-refractivity contribution in [1.29, 1.82) is 0 Å². The summed E-state index contributed by atoms with van der Waals surface area (Å²) in [7, 11) is 0. The lowest BCUT2D eigenvalue weighted by Crippen LogP contribution is -2.24. The van der Waals surface area contributed by atoms with E-state index in [1.807, 2.05) is 6.07 Å². The highest BCUT2D eigenvalue weighted by atomic mass is 32.1. The van der Waals surface area contributed by atoms with Gasteiger partial charge in [-0.25, -0.2) is 4.39 Å². The molecule has 0 amide bonds. The summed E-state index contributed by atoms with van der Waals surface area (Å²) >= 11 is 4.90. The molecule has 17 heavy (non-hydrogen) atoms. The number of thiocarbonyl (C=S) groups is 1. The van der Waals surface area contributed by atoms with Crippen LogP contribution in [0.4, 0.5) is 10.1 Å². The molecule has 1 aromatic rings. The molecular formula is C13H17FN2S. The molecule has 1 aliphatic rings. The summed E-state index contributed by atoms with van der Waals surface area (Å²) in [4.78, 5) is 0.112. The molecule has 0 spiro atoms. The van der Waals surface area contributed by atoms with E-state index in [1.54, 1.807) is 6.07 Å². The number of benzene rings is 1. The van der Waals surface area contributed by atoms with Crippen LogP contribution in [0.2, 0.25) is 0 Å². The fourth-order valence-corrected chi connectivity index (χ4v) is 2.57. The minimum Gasteiger partial charge on any atom is -0.389 e. The van der Waals surface area contributed by atoms with E-state index >= 15 is 0 Å². The highest BCUT2D eigenvalue weighted by Gasteiger charge is 2.17. The minimum absolute atomic E-state index is 0.112. The molecule has 0 aliphatic heterocycles. The van der Waals surface area contributed by atoms with Crippen LogP contribution < -0.4 is 11.1 Å². The van der Waals surface area contributed by atoms with Crippen molar-refractivity contribution in [3.63, 3.8) is 0 Å². The van der Waals surface area contributed by atoms with Crippen molar-refractivity contribution in [2.24, 2.45) is 5.73 Å². The Kier molecular flexibility index (Phi) is 3.94. The number of nitrogens with one attached hydrogen (secondary N) is 1. The quantitative estimate of drug-likeness (QED) is 0.811. The normalized spacial score (nSPS) is 16.8. The van der Waals surface area contributed by atoms with Crippen LogP contribution in [0.1, 0.15) is 37.7 Å². The van der Waals surface area contributed by atoms with Crippen molar-refractivity contribution in [2.45, 2.75) is 38.1 Å². The summed E-state index contributed by atoms with van der Waals surface area (Å²) in [5, 5.41) is 3.36. The van der Waals surface area contributed by atoms with E-state index in [1.165, 1.54) is 25.3 Å². The van der Waals surface area contributed by atoms with Gasteiger partial charge in [-0.05, 0) is 25.0 Å². The first-order valence-electron chi connectivity index (χ1n) is 6.03. The molecule has 0 saturated heterocycles. The summed E-state index contributed by atoms with van der Waals surface area (Å²) in [6, 6.07) is 5.33. The first-order chi connectivity index (χ1) is 8.18. The third-order valence-corrected chi connectivity index (χ3v) is 3.43. The number of anilines is 1. The van der Waals surface area contributed by atoms with Gasteiger partial charge in [0.1, 0.15) is 10.8 Å². The van der Waals surface area contributed by atoms with Gasteiger partial charge in [-0.1, -0.05) is 37.5 Å². The maximum absolute atomic E-state index is 13.6. The van der Waals surface area contributed by atoms with Gasteiger partial charge in [-0.3, -0.25) is 0 Å². The van der Waals surface area contributed by atoms with Crippen molar-refractivity contribution in [1.82, 2.24) is 0 Å². The van der Waals surface area contributed by atoms with Crippen LogP contribution in [0.3, 0.4) is 0 Å². The summed E-state index contributed by atoms with van der Waals surface area (Å²) < 4.78 is 13.6. The lowest BCUT2D eigenvalue weighted by Gasteiger charge is -2.25. The van der Waals surface area contributed by atoms with Crippen LogP contribution in [-0.2, 0) is 0 Å². The van der Waals surface area contributed by atoms with Gasteiger partial charge in [0.25, 0.3) is 0 Å². The van der Waals surface area contributed by atoms with Crippen LogP contribution in [0.15, 0.2) is 18.2 Å². The van der Waals surface area contributed by atoms with Crippen LogP contribution in [-0.4, -0.2) is 11.0 Å². The number of hydrogen-bond acceptors (Lipinski definition) is 2. The van der Waals surface area contributed by atoms with Crippen molar-refractivity contribution in [3.8, 4) is 0 Å². The molecule has 0 unspecified atom stereocenters. The third kappa shape index (κ3) is 2.94. The molecule has 1 fully saturated rings. The fourth-order valence-electron chi connectivity index (χ4n) is 2.36. The Morgan fingerprint density at radius 3 is 2.65 bits per heavy atom. The van der Waals surface area contributed by atoms with Gasteiger partial charge in [-0.15, -0.1) is 0 Å². The van der Waals surface area contributed by atoms with Crippen LogP contribution in [0.5, 0.6) is 0 Å². The van der Waals surface area contributed by atoms with Crippen molar-refractivity contribution >= 4 is 22.9 Å². The predicted octanol–water partition coefficient (Wildman–Crippen LogP) is 3.20. The number of hydrogen-bond donors (Lipinski definition) is 2. The lowest BCUT2D eigenvalue weighted by atomic mass is 9.95. The molecule has 1 aliphatic carbocycles. The van der Waals surface area contributed by atoms with Crippen molar-refractivity contribution < 1.29 is 4.39 Å². The van der Waals surface area contributed by atoms with Gasteiger partial charge >= 0.3 is 0 Å².